The molecule has 2 unspecified atom stereocenters. The zero-order chi connectivity index (χ0) is 12.4. The van der Waals surface area contributed by atoms with Crippen LogP contribution < -0.4 is 5.32 Å². The van der Waals surface area contributed by atoms with Crippen LogP contribution in [0.4, 0.5) is 5.69 Å². The number of halogens is 2. The second-order valence-electron chi connectivity index (χ2n) is 4.19. The highest BCUT2D eigenvalue weighted by molar-refractivity contribution is 9.10. The van der Waals surface area contributed by atoms with Gasteiger partial charge in [0.15, 0.2) is 0 Å². The molecule has 0 aromatic heterocycles. The number of rotatable bonds is 2. The van der Waals surface area contributed by atoms with Gasteiger partial charge in [-0.05, 0) is 47.5 Å². The molecule has 17 heavy (non-hydrogen) atoms. The van der Waals surface area contributed by atoms with Gasteiger partial charge in [0.05, 0.1) is 24.3 Å². The van der Waals surface area contributed by atoms with Gasteiger partial charge in [-0.15, -0.1) is 0 Å². The summed E-state index contributed by atoms with van der Waals surface area (Å²) < 4.78 is 6.16. The molecular weight excluding hydrogens is 305 g/mol. The lowest BCUT2D eigenvalue weighted by Crippen LogP contribution is -2.23. The number of carbonyl (C=O) groups is 1. The van der Waals surface area contributed by atoms with Crippen LogP contribution in [0.3, 0.4) is 0 Å². The second-order valence-corrected chi connectivity index (χ2v) is 5.48. The zero-order valence-electron chi connectivity index (χ0n) is 9.37. The molecule has 1 fully saturated rings. The molecule has 2 atom stereocenters. The third-order valence-corrected chi connectivity index (χ3v) is 3.65. The predicted octanol–water partition coefficient (Wildman–Crippen LogP) is 3.47. The summed E-state index contributed by atoms with van der Waals surface area (Å²) >= 11 is 9.20. The van der Waals surface area contributed by atoms with Crippen LogP contribution in [0.1, 0.15) is 13.3 Å². The van der Waals surface area contributed by atoms with Crippen molar-refractivity contribution in [2.24, 2.45) is 5.92 Å². The molecule has 1 saturated heterocycles. The fourth-order valence-electron chi connectivity index (χ4n) is 1.83. The Bertz CT molecular complexity index is 439. The maximum absolute atomic E-state index is 12.0. The van der Waals surface area contributed by atoms with E-state index in [1.165, 1.54) is 0 Å². The maximum atomic E-state index is 12.0. The van der Waals surface area contributed by atoms with Gasteiger partial charge in [-0.1, -0.05) is 11.6 Å². The number of benzene rings is 1. The van der Waals surface area contributed by atoms with Crippen molar-refractivity contribution in [3.63, 3.8) is 0 Å². The number of hydrogen-bond donors (Lipinski definition) is 1. The highest BCUT2D eigenvalue weighted by atomic mass is 79.9. The van der Waals surface area contributed by atoms with Crippen molar-refractivity contribution >= 4 is 39.1 Å². The molecule has 1 aliphatic rings. The Kier molecular flexibility index (Phi) is 4.07. The normalized spacial score (nSPS) is 23.7. The van der Waals surface area contributed by atoms with E-state index in [0.717, 1.165) is 16.6 Å². The minimum absolute atomic E-state index is 0.00243. The molecule has 1 aromatic rings. The van der Waals surface area contributed by atoms with Crippen molar-refractivity contribution < 1.29 is 9.53 Å². The van der Waals surface area contributed by atoms with Gasteiger partial charge in [-0.3, -0.25) is 4.79 Å². The lowest BCUT2D eigenvalue weighted by atomic mass is 10.1. The van der Waals surface area contributed by atoms with Gasteiger partial charge < -0.3 is 10.1 Å². The van der Waals surface area contributed by atoms with Crippen LogP contribution >= 0.6 is 27.5 Å². The summed E-state index contributed by atoms with van der Waals surface area (Å²) in [5.74, 6) is -0.0649. The Balaban J connectivity index is 2.03. The van der Waals surface area contributed by atoms with E-state index < -0.39 is 0 Å². The number of anilines is 1. The monoisotopic (exact) mass is 317 g/mol. The number of amides is 1. The van der Waals surface area contributed by atoms with Crippen molar-refractivity contribution in [3.8, 4) is 0 Å². The van der Waals surface area contributed by atoms with E-state index >= 15 is 0 Å². The van der Waals surface area contributed by atoms with E-state index in [2.05, 4.69) is 21.2 Å². The zero-order valence-corrected chi connectivity index (χ0v) is 11.7. The van der Waals surface area contributed by atoms with Gasteiger partial charge in [0, 0.05) is 9.50 Å². The summed E-state index contributed by atoms with van der Waals surface area (Å²) in [7, 11) is 0. The van der Waals surface area contributed by atoms with E-state index in [0.29, 0.717) is 11.6 Å². The topological polar surface area (TPSA) is 38.3 Å². The van der Waals surface area contributed by atoms with E-state index in [4.69, 9.17) is 16.3 Å². The Morgan fingerprint density at radius 3 is 2.94 bits per heavy atom. The van der Waals surface area contributed by atoms with Crippen molar-refractivity contribution in [2.75, 3.05) is 11.9 Å². The summed E-state index contributed by atoms with van der Waals surface area (Å²) in [6, 6.07) is 5.28. The fourth-order valence-corrected chi connectivity index (χ4v) is 2.61. The minimum Gasteiger partial charge on any atom is -0.378 e. The molecule has 0 bridgehead atoms. The van der Waals surface area contributed by atoms with Crippen molar-refractivity contribution in [2.45, 2.75) is 19.4 Å². The van der Waals surface area contributed by atoms with Crippen LogP contribution in [0.2, 0.25) is 5.02 Å². The molecule has 3 nitrogen and oxygen atoms in total. The van der Waals surface area contributed by atoms with Gasteiger partial charge in [0.25, 0.3) is 0 Å². The summed E-state index contributed by atoms with van der Waals surface area (Å²) in [6.07, 6.45) is 0.941. The molecule has 1 aromatic carbocycles. The van der Waals surface area contributed by atoms with Crippen molar-refractivity contribution in [3.05, 3.63) is 27.7 Å². The second kappa shape index (κ2) is 5.38. The van der Waals surface area contributed by atoms with E-state index in [9.17, 15) is 4.79 Å². The molecular formula is C12H13BrClNO2. The van der Waals surface area contributed by atoms with Crippen LogP contribution in [-0.2, 0) is 9.53 Å². The molecule has 1 amide bonds. The maximum Gasteiger partial charge on any atom is 0.229 e. The molecule has 5 heteroatoms. The first-order valence-electron chi connectivity index (χ1n) is 5.44. The summed E-state index contributed by atoms with van der Waals surface area (Å²) in [4.78, 5) is 12.0. The van der Waals surface area contributed by atoms with E-state index in [-0.39, 0.29) is 17.9 Å². The largest absolute Gasteiger partial charge is 0.378 e. The number of ether oxygens (including phenoxy) is 1. The molecule has 0 saturated carbocycles. The average Bonchev–Trinajstić information content (AvgIpc) is 2.69. The first-order chi connectivity index (χ1) is 8.06. The van der Waals surface area contributed by atoms with E-state index in [1.54, 1.807) is 18.2 Å². The average molecular weight is 319 g/mol. The van der Waals surface area contributed by atoms with Crippen LogP contribution in [-0.4, -0.2) is 18.6 Å². The van der Waals surface area contributed by atoms with Crippen LogP contribution in [0.5, 0.6) is 0 Å². The summed E-state index contributed by atoms with van der Waals surface area (Å²) in [6.45, 7) is 2.48. The van der Waals surface area contributed by atoms with Crippen LogP contribution in [0.15, 0.2) is 22.7 Å². The minimum atomic E-state index is -0.0624. The highest BCUT2D eigenvalue weighted by Crippen LogP contribution is 2.27. The third kappa shape index (κ3) is 3.21. The summed E-state index contributed by atoms with van der Waals surface area (Å²) in [5, 5.41) is 3.51. The van der Waals surface area contributed by atoms with Crippen LogP contribution in [0, 0.1) is 5.92 Å². The molecule has 92 valence electrons. The molecule has 0 radical (unpaired) electrons. The van der Waals surface area contributed by atoms with Gasteiger partial charge in [-0.25, -0.2) is 0 Å². The standard InChI is InChI=1S/C12H13BrClNO2/c1-7-4-8(6-17-7)12(16)15-11-3-2-9(14)5-10(11)13/h2-3,5,7-8H,4,6H2,1H3,(H,15,16). The van der Waals surface area contributed by atoms with Crippen molar-refractivity contribution in [1.29, 1.82) is 0 Å². The number of carbonyl (C=O) groups excluding carboxylic acids is 1. The number of nitrogens with one attached hydrogen (secondary N) is 1. The smallest absolute Gasteiger partial charge is 0.229 e. The van der Waals surface area contributed by atoms with Gasteiger partial charge >= 0.3 is 0 Å². The predicted molar refractivity (Wildman–Crippen MR) is 71.3 cm³/mol. The Morgan fingerprint density at radius 1 is 1.59 bits per heavy atom. The molecule has 2 rings (SSSR count). The fraction of sp³-hybridized carbons (Fsp3) is 0.417. The lowest BCUT2D eigenvalue weighted by molar-refractivity contribution is -0.119. The first kappa shape index (κ1) is 12.9. The Labute approximate surface area is 114 Å². The van der Waals surface area contributed by atoms with Gasteiger partial charge in [-0.2, -0.15) is 0 Å². The molecule has 0 spiro atoms. The molecule has 1 heterocycles. The van der Waals surface area contributed by atoms with Gasteiger partial charge in [0.1, 0.15) is 0 Å². The lowest BCUT2D eigenvalue weighted by Gasteiger charge is -2.11. The van der Waals surface area contributed by atoms with E-state index in [1.807, 2.05) is 6.92 Å². The Hall–Kier alpha value is -0.580. The van der Waals surface area contributed by atoms with Gasteiger partial charge in [0.2, 0.25) is 5.91 Å². The molecule has 1 N–H and O–H groups in total. The summed E-state index contributed by atoms with van der Waals surface area (Å²) in [5.41, 5.74) is 0.735. The SMILES string of the molecule is CC1CC(C(=O)Nc2ccc(Cl)cc2Br)CO1. The Morgan fingerprint density at radius 2 is 2.35 bits per heavy atom. The quantitative estimate of drug-likeness (QED) is 0.907. The van der Waals surface area contributed by atoms with Crippen molar-refractivity contribution in [1.82, 2.24) is 0 Å². The first-order valence-corrected chi connectivity index (χ1v) is 6.61. The molecule has 1 aliphatic heterocycles. The molecule has 0 aliphatic carbocycles. The third-order valence-electron chi connectivity index (χ3n) is 2.76. The number of hydrogen-bond acceptors (Lipinski definition) is 2. The highest BCUT2D eigenvalue weighted by Gasteiger charge is 2.28. The van der Waals surface area contributed by atoms with Crippen LogP contribution in [0.25, 0.3) is 0 Å².